The van der Waals surface area contributed by atoms with Crippen LogP contribution in [0.15, 0.2) is 0 Å². The summed E-state index contributed by atoms with van der Waals surface area (Å²) >= 11 is 0. The molecule has 0 amide bonds. The highest BCUT2D eigenvalue weighted by molar-refractivity contribution is 7.89. The van der Waals surface area contributed by atoms with Crippen molar-refractivity contribution in [3.8, 4) is 0 Å². The van der Waals surface area contributed by atoms with Crippen molar-refractivity contribution in [2.24, 2.45) is 11.8 Å². The summed E-state index contributed by atoms with van der Waals surface area (Å²) in [7, 11) is -3.09. The van der Waals surface area contributed by atoms with E-state index >= 15 is 0 Å². The van der Waals surface area contributed by atoms with E-state index in [0.717, 1.165) is 13.0 Å². The Balaban J connectivity index is 3.74. The number of sulfonamides is 1. The molecule has 4 nitrogen and oxygen atoms in total. The van der Waals surface area contributed by atoms with E-state index < -0.39 is 10.0 Å². The van der Waals surface area contributed by atoms with Crippen LogP contribution in [0.1, 0.15) is 47.5 Å². The molecule has 0 aromatic carbocycles. The predicted molar refractivity (Wildman–Crippen MR) is 78.2 cm³/mol. The van der Waals surface area contributed by atoms with Crippen molar-refractivity contribution in [2.75, 3.05) is 18.8 Å². The van der Waals surface area contributed by atoms with Crippen LogP contribution in [0, 0.1) is 11.8 Å². The highest BCUT2D eigenvalue weighted by atomic mass is 32.2. The molecule has 0 bridgehead atoms. The van der Waals surface area contributed by atoms with Crippen LogP contribution in [-0.2, 0) is 10.0 Å². The lowest BCUT2D eigenvalue weighted by Crippen LogP contribution is -2.32. The fourth-order valence-electron chi connectivity index (χ4n) is 1.37. The third-order valence-corrected chi connectivity index (χ3v) is 4.59. The Labute approximate surface area is 113 Å². The first-order valence-electron chi connectivity index (χ1n) is 6.95. The zero-order valence-electron chi connectivity index (χ0n) is 12.5. The second kappa shape index (κ2) is 8.88. The van der Waals surface area contributed by atoms with Crippen LogP contribution in [-0.4, -0.2) is 33.3 Å². The van der Waals surface area contributed by atoms with Gasteiger partial charge in [-0.25, -0.2) is 13.1 Å². The molecule has 0 rings (SSSR count). The number of nitrogens with one attached hydrogen (secondary N) is 2. The summed E-state index contributed by atoms with van der Waals surface area (Å²) in [6.45, 7) is 11.9. The molecule has 0 aliphatic carbocycles. The Hall–Kier alpha value is -0.130. The zero-order valence-corrected chi connectivity index (χ0v) is 13.3. The van der Waals surface area contributed by atoms with Crippen molar-refractivity contribution in [1.82, 2.24) is 10.0 Å². The van der Waals surface area contributed by atoms with Gasteiger partial charge in [0, 0.05) is 12.6 Å². The summed E-state index contributed by atoms with van der Waals surface area (Å²) < 4.78 is 26.1. The first kappa shape index (κ1) is 17.9. The highest BCUT2D eigenvalue weighted by Crippen LogP contribution is 2.08. The molecule has 0 heterocycles. The van der Waals surface area contributed by atoms with Crippen LogP contribution >= 0.6 is 0 Å². The summed E-state index contributed by atoms with van der Waals surface area (Å²) in [5, 5.41) is 3.28. The molecule has 0 radical (unpaired) electrons. The van der Waals surface area contributed by atoms with E-state index in [1.54, 1.807) is 0 Å². The van der Waals surface area contributed by atoms with E-state index in [1.165, 1.54) is 0 Å². The quantitative estimate of drug-likeness (QED) is 0.601. The van der Waals surface area contributed by atoms with E-state index in [-0.39, 0.29) is 5.75 Å². The summed E-state index contributed by atoms with van der Waals surface area (Å²) in [6.07, 6.45) is 1.62. The van der Waals surface area contributed by atoms with Crippen LogP contribution < -0.4 is 10.0 Å². The van der Waals surface area contributed by atoms with Crippen molar-refractivity contribution in [2.45, 2.75) is 53.5 Å². The summed E-state index contributed by atoms with van der Waals surface area (Å²) in [5.74, 6) is 1.11. The molecule has 0 aliphatic heterocycles. The van der Waals surface area contributed by atoms with Gasteiger partial charge in [-0.3, -0.25) is 0 Å². The molecule has 1 unspecified atom stereocenters. The molecule has 0 aromatic heterocycles. The van der Waals surface area contributed by atoms with Crippen LogP contribution in [0.4, 0.5) is 0 Å². The minimum absolute atomic E-state index is 0.234. The largest absolute Gasteiger partial charge is 0.315 e. The molecular weight excluding hydrogens is 248 g/mol. The van der Waals surface area contributed by atoms with Crippen LogP contribution in [0.25, 0.3) is 0 Å². The van der Waals surface area contributed by atoms with Gasteiger partial charge in [0.05, 0.1) is 5.75 Å². The summed E-state index contributed by atoms with van der Waals surface area (Å²) in [5.41, 5.74) is 0. The van der Waals surface area contributed by atoms with Gasteiger partial charge in [-0.05, 0) is 31.2 Å². The SMILES string of the molecule is CC(C)NCCCCS(=O)(=O)NCC(C)C(C)C. The van der Waals surface area contributed by atoms with Gasteiger partial charge in [-0.15, -0.1) is 0 Å². The fourth-order valence-corrected chi connectivity index (χ4v) is 2.62. The lowest BCUT2D eigenvalue weighted by molar-refractivity contribution is 0.414. The van der Waals surface area contributed by atoms with Crippen LogP contribution in [0.3, 0.4) is 0 Å². The number of rotatable bonds is 10. The van der Waals surface area contributed by atoms with Crippen molar-refractivity contribution in [3.05, 3.63) is 0 Å². The van der Waals surface area contributed by atoms with Gasteiger partial charge >= 0.3 is 0 Å². The molecule has 110 valence electrons. The minimum atomic E-state index is -3.09. The molecule has 18 heavy (non-hydrogen) atoms. The Morgan fingerprint density at radius 2 is 1.61 bits per heavy atom. The van der Waals surface area contributed by atoms with Crippen LogP contribution in [0.5, 0.6) is 0 Å². The van der Waals surface area contributed by atoms with E-state index in [0.29, 0.717) is 30.8 Å². The lowest BCUT2D eigenvalue weighted by atomic mass is 9.99. The van der Waals surface area contributed by atoms with Gasteiger partial charge in [-0.1, -0.05) is 34.6 Å². The minimum Gasteiger partial charge on any atom is -0.315 e. The first-order valence-corrected chi connectivity index (χ1v) is 8.60. The molecule has 0 saturated carbocycles. The second-order valence-electron chi connectivity index (χ2n) is 5.70. The normalized spacial score (nSPS) is 14.4. The zero-order chi connectivity index (χ0) is 14.2. The van der Waals surface area contributed by atoms with Crippen LogP contribution in [0.2, 0.25) is 0 Å². The van der Waals surface area contributed by atoms with Gasteiger partial charge in [-0.2, -0.15) is 0 Å². The molecule has 0 aliphatic rings. The molecule has 1 atom stereocenters. The maximum atomic E-state index is 11.7. The van der Waals surface area contributed by atoms with Gasteiger partial charge < -0.3 is 5.32 Å². The summed E-state index contributed by atoms with van der Waals surface area (Å²) in [4.78, 5) is 0. The second-order valence-corrected chi connectivity index (χ2v) is 7.63. The Morgan fingerprint density at radius 1 is 1.00 bits per heavy atom. The van der Waals surface area contributed by atoms with Gasteiger partial charge in [0.15, 0.2) is 0 Å². The maximum absolute atomic E-state index is 11.7. The number of unbranched alkanes of at least 4 members (excludes halogenated alkanes) is 1. The van der Waals surface area contributed by atoms with Crippen molar-refractivity contribution >= 4 is 10.0 Å². The third kappa shape index (κ3) is 9.85. The molecule has 0 saturated heterocycles. The Bertz CT molecular complexity index is 300. The number of hydrogen-bond acceptors (Lipinski definition) is 3. The average Bonchev–Trinajstić information content (AvgIpc) is 2.24. The number of hydrogen-bond donors (Lipinski definition) is 2. The summed E-state index contributed by atoms with van der Waals surface area (Å²) in [6, 6.07) is 0.464. The average molecular weight is 278 g/mol. The molecular formula is C13H30N2O2S. The van der Waals surface area contributed by atoms with E-state index in [1.807, 2.05) is 0 Å². The first-order chi connectivity index (χ1) is 8.24. The molecule has 5 heteroatoms. The van der Waals surface area contributed by atoms with E-state index in [4.69, 9.17) is 0 Å². The van der Waals surface area contributed by atoms with Gasteiger partial charge in [0.1, 0.15) is 0 Å². The Morgan fingerprint density at radius 3 is 2.11 bits per heavy atom. The predicted octanol–water partition coefficient (Wildman–Crippen LogP) is 1.98. The molecule has 2 N–H and O–H groups in total. The monoisotopic (exact) mass is 278 g/mol. The van der Waals surface area contributed by atoms with Crippen molar-refractivity contribution in [3.63, 3.8) is 0 Å². The maximum Gasteiger partial charge on any atom is 0.211 e. The van der Waals surface area contributed by atoms with Gasteiger partial charge in [0.25, 0.3) is 0 Å². The fraction of sp³-hybridized carbons (Fsp3) is 1.00. The standard InChI is InChI=1S/C13H30N2O2S/c1-11(2)13(5)10-15-18(16,17)9-7-6-8-14-12(3)4/h11-15H,6-10H2,1-5H3. The van der Waals surface area contributed by atoms with Crippen molar-refractivity contribution < 1.29 is 8.42 Å². The lowest BCUT2D eigenvalue weighted by Gasteiger charge is -2.16. The van der Waals surface area contributed by atoms with Gasteiger partial charge in [0.2, 0.25) is 10.0 Å². The smallest absolute Gasteiger partial charge is 0.211 e. The molecule has 0 fully saturated rings. The topological polar surface area (TPSA) is 58.2 Å². The van der Waals surface area contributed by atoms with E-state index in [2.05, 4.69) is 44.7 Å². The highest BCUT2D eigenvalue weighted by Gasteiger charge is 2.13. The van der Waals surface area contributed by atoms with Crippen molar-refractivity contribution in [1.29, 1.82) is 0 Å². The van der Waals surface area contributed by atoms with E-state index in [9.17, 15) is 8.42 Å². The molecule has 0 spiro atoms. The third-order valence-electron chi connectivity index (χ3n) is 3.16. The Kier molecular flexibility index (Phi) is 8.82. The molecule has 0 aromatic rings.